The Hall–Kier alpha value is -2.58. The number of ether oxygens (including phenoxy) is 1. The second-order valence-electron chi connectivity index (χ2n) is 5.71. The number of fused-ring (bicyclic) bond motifs is 1. The fourth-order valence-corrected chi connectivity index (χ4v) is 3.80. The SMILES string of the molecule is CC(=C\C=C1/Oc2ccccc2N1C)/C=C1/SC(=S)N(CC(=O)O)C1=O. The third-order valence-electron chi connectivity index (χ3n) is 3.79. The normalized spacial score (nSPS) is 20.2. The molecule has 0 radical (unpaired) electrons. The quantitative estimate of drug-likeness (QED) is 0.628. The number of carboxylic acid groups (broad SMARTS) is 1. The summed E-state index contributed by atoms with van der Waals surface area (Å²) in [6.07, 6.45) is 5.35. The van der Waals surface area contributed by atoms with Crippen molar-refractivity contribution in [3.8, 4) is 5.75 Å². The zero-order valence-corrected chi connectivity index (χ0v) is 15.8. The van der Waals surface area contributed by atoms with Gasteiger partial charge in [-0.2, -0.15) is 0 Å². The van der Waals surface area contributed by atoms with Crippen LogP contribution in [0, 0.1) is 0 Å². The Kier molecular flexibility index (Phi) is 5.15. The van der Waals surface area contributed by atoms with Gasteiger partial charge in [0.25, 0.3) is 5.91 Å². The molecule has 26 heavy (non-hydrogen) atoms. The van der Waals surface area contributed by atoms with Crippen molar-refractivity contribution in [3.05, 3.63) is 58.9 Å². The lowest BCUT2D eigenvalue weighted by molar-refractivity contribution is -0.140. The molecule has 1 aromatic carbocycles. The van der Waals surface area contributed by atoms with E-state index in [0.717, 1.165) is 33.7 Å². The number of rotatable bonds is 4. The Bertz CT molecular complexity index is 889. The van der Waals surface area contributed by atoms with Crippen LogP contribution in [0.4, 0.5) is 5.69 Å². The number of carboxylic acids is 1. The molecule has 0 aliphatic carbocycles. The van der Waals surface area contributed by atoms with E-state index >= 15 is 0 Å². The molecule has 3 rings (SSSR count). The number of aliphatic carboxylic acids is 1. The minimum atomic E-state index is -1.10. The lowest BCUT2D eigenvalue weighted by Gasteiger charge is -2.10. The predicted octanol–water partition coefficient (Wildman–Crippen LogP) is 3.13. The van der Waals surface area contributed by atoms with Gasteiger partial charge in [0.1, 0.15) is 10.9 Å². The molecular weight excluding hydrogens is 372 g/mol. The van der Waals surface area contributed by atoms with Gasteiger partial charge in [0.2, 0.25) is 0 Å². The molecule has 8 heteroatoms. The predicted molar refractivity (Wildman–Crippen MR) is 105 cm³/mol. The number of hydrogen-bond donors (Lipinski definition) is 1. The molecule has 1 N–H and O–H groups in total. The summed E-state index contributed by atoms with van der Waals surface area (Å²) in [5.41, 5.74) is 1.81. The molecule has 1 aromatic rings. The minimum Gasteiger partial charge on any atom is -0.480 e. The molecule has 1 amide bonds. The number of thioether (sulfide) groups is 1. The molecule has 0 spiro atoms. The first-order valence-electron chi connectivity index (χ1n) is 7.73. The average Bonchev–Trinajstić information content (AvgIpc) is 3.05. The molecule has 1 saturated heterocycles. The molecule has 0 bridgehead atoms. The minimum absolute atomic E-state index is 0.254. The van der Waals surface area contributed by atoms with Crippen LogP contribution in [-0.4, -0.2) is 39.8 Å². The summed E-state index contributed by atoms with van der Waals surface area (Å²) >= 11 is 6.18. The Labute approximate surface area is 160 Å². The Morgan fingerprint density at radius 1 is 1.38 bits per heavy atom. The molecular formula is C18H16N2O4S2. The largest absolute Gasteiger partial charge is 0.480 e. The number of carbonyl (C=O) groups excluding carboxylic acids is 1. The highest BCUT2D eigenvalue weighted by molar-refractivity contribution is 8.26. The van der Waals surface area contributed by atoms with E-state index in [1.165, 1.54) is 0 Å². The number of anilines is 1. The maximum atomic E-state index is 12.3. The first-order chi connectivity index (χ1) is 12.4. The van der Waals surface area contributed by atoms with Crippen molar-refractivity contribution in [1.29, 1.82) is 0 Å². The lowest BCUT2D eigenvalue weighted by atomic mass is 10.2. The number of nitrogens with zero attached hydrogens (tertiary/aromatic N) is 2. The van der Waals surface area contributed by atoms with E-state index in [9.17, 15) is 9.59 Å². The number of thiocarbonyl (C=S) groups is 1. The molecule has 134 valence electrons. The Balaban J connectivity index is 1.75. The van der Waals surface area contributed by atoms with E-state index in [-0.39, 0.29) is 10.2 Å². The van der Waals surface area contributed by atoms with Crippen LogP contribution in [0.1, 0.15) is 6.92 Å². The van der Waals surface area contributed by atoms with Crippen LogP contribution >= 0.6 is 24.0 Å². The maximum absolute atomic E-state index is 12.3. The van der Waals surface area contributed by atoms with Crippen molar-refractivity contribution >= 4 is 45.9 Å². The smallest absolute Gasteiger partial charge is 0.323 e. The van der Waals surface area contributed by atoms with E-state index in [1.807, 2.05) is 55.3 Å². The van der Waals surface area contributed by atoms with Gasteiger partial charge in [0.05, 0.1) is 10.6 Å². The van der Waals surface area contributed by atoms with Crippen molar-refractivity contribution in [2.24, 2.45) is 0 Å². The average molecular weight is 388 g/mol. The first-order valence-corrected chi connectivity index (χ1v) is 8.95. The monoisotopic (exact) mass is 388 g/mol. The number of para-hydroxylation sites is 2. The number of amides is 1. The highest BCUT2D eigenvalue weighted by Gasteiger charge is 2.33. The van der Waals surface area contributed by atoms with E-state index in [1.54, 1.807) is 6.08 Å². The summed E-state index contributed by atoms with van der Waals surface area (Å²) in [5, 5.41) is 8.86. The molecule has 6 nitrogen and oxygen atoms in total. The van der Waals surface area contributed by atoms with Gasteiger partial charge in [-0.05, 0) is 36.8 Å². The van der Waals surface area contributed by atoms with Crippen molar-refractivity contribution in [3.63, 3.8) is 0 Å². The van der Waals surface area contributed by atoms with E-state index in [0.29, 0.717) is 10.8 Å². The van der Waals surface area contributed by atoms with Crippen LogP contribution in [0.5, 0.6) is 5.75 Å². The van der Waals surface area contributed by atoms with Crippen molar-refractivity contribution in [2.45, 2.75) is 6.92 Å². The van der Waals surface area contributed by atoms with Gasteiger partial charge in [-0.1, -0.05) is 42.2 Å². The number of allylic oxidation sites excluding steroid dienone is 4. The molecule has 0 unspecified atom stereocenters. The van der Waals surface area contributed by atoms with Crippen molar-refractivity contribution in [1.82, 2.24) is 4.90 Å². The molecule has 2 heterocycles. The van der Waals surface area contributed by atoms with Gasteiger partial charge in [-0.15, -0.1) is 0 Å². The van der Waals surface area contributed by atoms with Gasteiger partial charge in [-0.25, -0.2) is 0 Å². The molecule has 0 saturated carbocycles. The highest BCUT2D eigenvalue weighted by Crippen LogP contribution is 2.37. The summed E-state index contributed by atoms with van der Waals surface area (Å²) < 4.78 is 6.05. The fourth-order valence-electron chi connectivity index (χ4n) is 2.50. The zero-order valence-electron chi connectivity index (χ0n) is 14.1. The van der Waals surface area contributed by atoms with Crippen LogP contribution in [-0.2, 0) is 9.59 Å². The van der Waals surface area contributed by atoms with Crippen LogP contribution in [0.25, 0.3) is 0 Å². The third kappa shape index (κ3) is 3.66. The standard InChI is InChI=1S/C18H16N2O4S2/c1-11(9-14-17(23)20(10-16(21)22)18(25)26-14)7-8-15-19(2)12-5-3-4-6-13(12)24-15/h3-9H,10H2,1-2H3,(H,21,22)/b11-7+,14-9+,15-8-. The molecule has 2 aliphatic rings. The van der Waals surface area contributed by atoms with Crippen molar-refractivity contribution < 1.29 is 19.4 Å². The van der Waals surface area contributed by atoms with E-state index in [4.69, 9.17) is 22.1 Å². The topological polar surface area (TPSA) is 70.1 Å². The number of carbonyl (C=O) groups is 2. The van der Waals surface area contributed by atoms with Gasteiger partial charge in [-0.3, -0.25) is 14.5 Å². The number of benzene rings is 1. The molecule has 2 aliphatic heterocycles. The Morgan fingerprint density at radius 3 is 2.81 bits per heavy atom. The molecule has 0 atom stereocenters. The van der Waals surface area contributed by atoms with Gasteiger partial charge in [0.15, 0.2) is 11.6 Å². The molecule has 1 fully saturated rings. The third-order valence-corrected chi connectivity index (χ3v) is 5.16. The van der Waals surface area contributed by atoms with Crippen LogP contribution in [0.2, 0.25) is 0 Å². The van der Waals surface area contributed by atoms with Crippen LogP contribution in [0.3, 0.4) is 0 Å². The summed E-state index contributed by atoms with van der Waals surface area (Å²) in [7, 11) is 1.91. The highest BCUT2D eigenvalue weighted by atomic mass is 32.2. The first kappa shape index (κ1) is 18.2. The van der Waals surface area contributed by atoms with Gasteiger partial charge < -0.3 is 14.7 Å². The summed E-state index contributed by atoms with van der Waals surface area (Å²) in [6.45, 7) is 1.43. The summed E-state index contributed by atoms with van der Waals surface area (Å²) in [5.74, 6) is -0.0100. The lowest BCUT2D eigenvalue weighted by Crippen LogP contribution is -2.33. The van der Waals surface area contributed by atoms with Gasteiger partial charge >= 0.3 is 5.97 Å². The second-order valence-corrected chi connectivity index (χ2v) is 7.38. The molecule has 0 aromatic heterocycles. The van der Waals surface area contributed by atoms with E-state index < -0.39 is 12.5 Å². The number of hydrogen-bond acceptors (Lipinski definition) is 6. The summed E-state index contributed by atoms with van der Waals surface area (Å²) in [6, 6.07) is 7.73. The maximum Gasteiger partial charge on any atom is 0.323 e. The second kappa shape index (κ2) is 7.35. The Morgan fingerprint density at radius 2 is 2.12 bits per heavy atom. The van der Waals surface area contributed by atoms with Crippen LogP contribution in [0.15, 0.2) is 58.9 Å². The fraction of sp³-hybridized carbons (Fsp3) is 0.167. The van der Waals surface area contributed by atoms with Crippen LogP contribution < -0.4 is 9.64 Å². The van der Waals surface area contributed by atoms with Crippen molar-refractivity contribution in [2.75, 3.05) is 18.5 Å². The summed E-state index contributed by atoms with van der Waals surface area (Å²) in [4.78, 5) is 26.5. The zero-order chi connectivity index (χ0) is 18.8. The van der Waals surface area contributed by atoms with Gasteiger partial charge in [0, 0.05) is 7.05 Å². The van der Waals surface area contributed by atoms with E-state index in [2.05, 4.69) is 0 Å².